The Hall–Kier alpha value is -2.48. The van der Waals surface area contributed by atoms with Crippen LogP contribution in [0.5, 0.6) is 0 Å². The first-order chi connectivity index (χ1) is 12.4. The van der Waals surface area contributed by atoms with Gasteiger partial charge in [0, 0.05) is 19.1 Å². The van der Waals surface area contributed by atoms with Gasteiger partial charge in [-0.3, -0.25) is 14.5 Å². The van der Waals surface area contributed by atoms with Gasteiger partial charge in [-0.1, -0.05) is 12.1 Å². The number of hydrogen-bond donors (Lipinski definition) is 2. The SMILES string of the molecule is CNCC1CCCN1C(=O)CN1C(=O)NC(C)(c2ccc(F)cc2)C1=O. The van der Waals surface area contributed by atoms with Gasteiger partial charge in [-0.2, -0.15) is 0 Å². The molecule has 2 fully saturated rings. The number of hydrogen-bond acceptors (Lipinski definition) is 4. The van der Waals surface area contributed by atoms with Crippen molar-refractivity contribution in [1.82, 2.24) is 20.4 Å². The number of likely N-dealkylation sites (tertiary alicyclic amines) is 1. The minimum atomic E-state index is -1.31. The number of carbonyl (C=O) groups is 3. The lowest BCUT2D eigenvalue weighted by Crippen LogP contribution is -2.47. The number of likely N-dealkylation sites (N-methyl/N-ethyl adjacent to an activating group) is 1. The van der Waals surface area contributed by atoms with E-state index in [1.807, 2.05) is 7.05 Å². The normalized spacial score (nSPS) is 25.7. The van der Waals surface area contributed by atoms with Crippen LogP contribution in [0.1, 0.15) is 25.3 Å². The third-order valence-corrected chi connectivity index (χ3v) is 5.13. The molecule has 26 heavy (non-hydrogen) atoms. The lowest BCUT2D eigenvalue weighted by Gasteiger charge is -2.26. The number of rotatable bonds is 5. The van der Waals surface area contributed by atoms with Crippen LogP contribution in [-0.2, 0) is 15.1 Å². The number of urea groups is 1. The van der Waals surface area contributed by atoms with E-state index in [9.17, 15) is 18.8 Å². The molecule has 140 valence electrons. The summed E-state index contributed by atoms with van der Waals surface area (Å²) in [6, 6.07) is 4.86. The maximum absolute atomic E-state index is 13.2. The Bertz CT molecular complexity index is 724. The van der Waals surface area contributed by atoms with Gasteiger partial charge in [0.25, 0.3) is 5.91 Å². The van der Waals surface area contributed by atoms with Crippen LogP contribution in [0.25, 0.3) is 0 Å². The highest BCUT2D eigenvalue weighted by atomic mass is 19.1. The molecule has 0 aromatic heterocycles. The first-order valence-corrected chi connectivity index (χ1v) is 8.71. The highest BCUT2D eigenvalue weighted by Crippen LogP contribution is 2.29. The van der Waals surface area contributed by atoms with Crippen molar-refractivity contribution in [2.45, 2.75) is 31.3 Å². The van der Waals surface area contributed by atoms with E-state index in [1.54, 1.807) is 11.8 Å². The van der Waals surface area contributed by atoms with Gasteiger partial charge in [0.1, 0.15) is 17.9 Å². The van der Waals surface area contributed by atoms with Gasteiger partial charge >= 0.3 is 6.03 Å². The number of amides is 4. The van der Waals surface area contributed by atoms with E-state index in [-0.39, 0.29) is 18.5 Å². The molecule has 2 heterocycles. The summed E-state index contributed by atoms with van der Waals surface area (Å²) in [5, 5.41) is 5.69. The van der Waals surface area contributed by atoms with E-state index >= 15 is 0 Å². The molecule has 2 unspecified atom stereocenters. The Morgan fingerprint density at radius 3 is 2.69 bits per heavy atom. The topological polar surface area (TPSA) is 81.8 Å². The molecule has 3 rings (SSSR count). The fourth-order valence-corrected chi connectivity index (χ4v) is 3.66. The summed E-state index contributed by atoms with van der Waals surface area (Å²) in [4.78, 5) is 40.5. The Morgan fingerprint density at radius 1 is 1.35 bits per heavy atom. The van der Waals surface area contributed by atoms with Crippen LogP contribution in [0.2, 0.25) is 0 Å². The second-order valence-corrected chi connectivity index (χ2v) is 6.89. The van der Waals surface area contributed by atoms with Gasteiger partial charge in [-0.05, 0) is 44.5 Å². The molecule has 0 aliphatic carbocycles. The number of halogens is 1. The van der Waals surface area contributed by atoms with Gasteiger partial charge in [-0.25, -0.2) is 9.18 Å². The first-order valence-electron chi connectivity index (χ1n) is 8.71. The van der Waals surface area contributed by atoms with Crippen LogP contribution in [0.3, 0.4) is 0 Å². The van der Waals surface area contributed by atoms with Crippen molar-refractivity contribution in [3.8, 4) is 0 Å². The molecule has 2 saturated heterocycles. The number of imide groups is 1. The van der Waals surface area contributed by atoms with Crippen molar-refractivity contribution in [3.05, 3.63) is 35.6 Å². The molecule has 2 aliphatic rings. The number of benzene rings is 1. The standard InChI is InChI=1S/C18H23FN4O3/c1-18(12-5-7-13(19)8-6-12)16(25)23(17(26)21-18)11-15(24)22-9-3-4-14(22)10-20-2/h5-8,14,20H,3-4,9-11H2,1-2H3,(H,21,26). The predicted molar refractivity (Wildman–Crippen MR) is 92.7 cm³/mol. The van der Waals surface area contributed by atoms with Gasteiger partial charge < -0.3 is 15.5 Å². The summed E-state index contributed by atoms with van der Waals surface area (Å²) in [6.45, 7) is 2.58. The fraction of sp³-hybridized carbons (Fsp3) is 0.500. The number of nitrogens with zero attached hydrogens (tertiary/aromatic N) is 2. The van der Waals surface area contributed by atoms with Crippen molar-refractivity contribution in [2.75, 3.05) is 26.7 Å². The van der Waals surface area contributed by atoms with E-state index in [2.05, 4.69) is 10.6 Å². The average Bonchev–Trinajstić information content (AvgIpc) is 3.15. The van der Waals surface area contributed by atoms with E-state index in [4.69, 9.17) is 0 Å². The number of carbonyl (C=O) groups excluding carboxylic acids is 3. The van der Waals surface area contributed by atoms with E-state index in [0.717, 1.165) is 17.7 Å². The Balaban J connectivity index is 1.75. The minimum absolute atomic E-state index is 0.0803. The second kappa shape index (κ2) is 7.03. The minimum Gasteiger partial charge on any atom is -0.337 e. The molecule has 1 aromatic carbocycles. The second-order valence-electron chi connectivity index (χ2n) is 6.89. The smallest absolute Gasteiger partial charge is 0.325 e. The third kappa shape index (κ3) is 3.16. The van der Waals surface area contributed by atoms with Crippen molar-refractivity contribution < 1.29 is 18.8 Å². The molecule has 0 radical (unpaired) electrons. The Kier molecular flexibility index (Phi) is 4.95. The van der Waals surface area contributed by atoms with Crippen LogP contribution in [-0.4, -0.2) is 60.4 Å². The molecule has 7 nitrogen and oxygen atoms in total. The summed E-state index contributed by atoms with van der Waals surface area (Å²) in [7, 11) is 1.83. The number of nitrogens with one attached hydrogen (secondary N) is 2. The average molecular weight is 362 g/mol. The lowest BCUT2D eigenvalue weighted by molar-refractivity contribution is -0.139. The fourth-order valence-electron chi connectivity index (χ4n) is 3.66. The molecule has 2 aliphatic heterocycles. The monoisotopic (exact) mass is 362 g/mol. The van der Waals surface area contributed by atoms with Crippen molar-refractivity contribution in [1.29, 1.82) is 0 Å². The summed E-state index contributed by atoms with van der Waals surface area (Å²) < 4.78 is 13.2. The van der Waals surface area contributed by atoms with Crippen LogP contribution in [0, 0.1) is 5.82 Å². The summed E-state index contributed by atoms with van der Waals surface area (Å²) in [6.07, 6.45) is 1.81. The highest BCUT2D eigenvalue weighted by Gasteiger charge is 2.50. The zero-order chi connectivity index (χ0) is 18.9. The van der Waals surface area contributed by atoms with Gasteiger partial charge in [-0.15, -0.1) is 0 Å². The third-order valence-electron chi connectivity index (χ3n) is 5.13. The maximum Gasteiger partial charge on any atom is 0.325 e. The van der Waals surface area contributed by atoms with E-state index in [1.165, 1.54) is 24.3 Å². The van der Waals surface area contributed by atoms with Crippen LogP contribution in [0.4, 0.5) is 9.18 Å². The van der Waals surface area contributed by atoms with Crippen LogP contribution >= 0.6 is 0 Å². The van der Waals surface area contributed by atoms with Crippen LogP contribution < -0.4 is 10.6 Å². The molecule has 0 spiro atoms. The van der Waals surface area contributed by atoms with Crippen LogP contribution in [0.15, 0.2) is 24.3 Å². The molecule has 0 bridgehead atoms. The molecule has 4 amide bonds. The highest BCUT2D eigenvalue weighted by molar-refractivity contribution is 6.09. The molecule has 1 aromatic rings. The molecular formula is C18H23FN4O3. The van der Waals surface area contributed by atoms with Gasteiger partial charge in [0.05, 0.1) is 0 Å². The summed E-state index contributed by atoms with van der Waals surface area (Å²) in [5.41, 5.74) is -0.832. The Morgan fingerprint density at radius 2 is 2.04 bits per heavy atom. The summed E-state index contributed by atoms with van der Waals surface area (Å²) >= 11 is 0. The molecule has 2 atom stereocenters. The van der Waals surface area contributed by atoms with E-state index < -0.39 is 23.3 Å². The Labute approximate surface area is 151 Å². The first kappa shape index (κ1) is 18.3. The van der Waals surface area contributed by atoms with Gasteiger partial charge in [0.2, 0.25) is 5.91 Å². The predicted octanol–water partition coefficient (Wildman–Crippen LogP) is 0.803. The molecular weight excluding hydrogens is 339 g/mol. The van der Waals surface area contributed by atoms with E-state index in [0.29, 0.717) is 18.7 Å². The zero-order valence-corrected chi connectivity index (χ0v) is 14.9. The lowest BCUT2D eigenvalue weighted by atomic mass is 9.92. The zero-order valence-electron chi connectivity index (χ0n) is 14.9. The molecule has 8 heteroatoms. The quantitative estimate of drug-likeness (QED) is 0.760. The van der Waals surface area contributed by atoms with Crippen molar-refractivity contribution >= 4 is 17.8 Å². The largest absolute Gasteiger partial charge is 0.337 e. The maximum atomic E-state index is 13.2. The molecule has 2 N–H and O–H groups in total. The van der Waals surface area contributed by atoms with Gasteiger partial charge in [0.15, 0.2) is 0 Å². The van der Waals surface area contributed by atoms with Crippen molar-refractivity contribution in [2.24, 2.45) is 0 Å². The van der Waals surface area contributed by atoms with Crippen molar-refractivity contribution in [3.63, 3.8) is 0 Å². The summed E-state index contributed by atoms with van der Waals surface area (Å²) in [5.74, 6) is -1.17. The molecule has 0 saturated carbocycles.